The summed E-state index contributed by atoms with van der Waals surface area (Å²) in [5, 5.41) is 12.5. The Morgan fingerprint density at radius 1 is 1.14 bits per heavy atom. The number of fused-ring (bicyclic) bond motifs is 1. The lowest BCUT2D eigenvalue weighted by Gasteiger charge is -2.29. The zero-order valence-electron chi connectivity index (χ0n) is 16.3. The highest BCUT2D eigenvalue weighted by Crippen LogP contribution is 2.37. The minimum Gasteiger partial charge on any atom is -0.502 e. The van der Waals surface area contributed by atoms with E-state index < -0.39 is 17.1 Å². The van der Waals surface area contributed by atoms with Gasteiger partial charge in [-0.3, -0.25) is 9.59 Å². The Balaban J connectivity index is 1.83. The fourth-order valence-corrected chi connectivity index (χ4v) is 3.88. The van der Waals surface area contributed by atoms with Gasteiger partial charge >= 0.3 is 0 Å². The molecular formula is C23H23NO5. The molecule has 2 aromatic carbocycles. The first-order valence-corrected chi connectivity index (χ1v) is 9.71. The predicted molar refractivity (Wildman–Crippen MR) is 109 cm³/mol. The first-order chi connectivity index (χ1) is 14.0. The molecule has 4 rings (SSSR count). The number of morpholine rings is 1. The van der Waals surface area contributed by atoms with Crippen LogP contribution in [0.3, 0.4) is 0 Å². The molecule has 1 aromatic heterocycles. The number of aromatic hydroxyl groups is 1. The molecule has 29 heavy (non-hydrogen) atoms. The Hall–Kier alpha value is -3.12. The second-order valence-corrected chi connectivity index (χ2v) is 7.25. The fraction of sp³-hybridized carbons (Fsp3) is 0.304. The predicted octanol–water partition coefficient (Wildman–Crippen LogP) is 3.19. The average Bonchev–Trinajstić information content (AvgIpc) is 2.75. The summed E-state index contributed by atoms with van der Waals surface area (Å²) in [5.41, 5.74) is 0.335. The molecule has 1 aliphatic rings. The molecule has 0 bridgehead atoms. The molecule has 2 heterocycles. The largest absolute Gasteiger partial charge is 0.502 e. The van der Waals surface area contributed by atoms with Gasteiger partial charge in [0.2, 0.25) is 17.1 Å². The highest BCUT2D eigenvalue weighted by molar-refractivity contribution is 5.88. The van der Waals surface area contributed by atoms with Crippen LogP contribution in [0, 0.1) is 6.92 Å². The average molecular weight is 393 g/mol. The molecule has 150 valence electrons. The van der Waals surface area contributed by atoms with E-state index in [0.29, 0.717) is 32.1 Å². The Morgan fingerprint density at radius 2 is 1.86 bits per heavy atom. The van der Waals surface area contributed by atoms with Gasteiger partial charge in [0.15, 0.2) is 5.76 Å². The molecule has 1 fully saturated rings. The lowest BCUT2D eigenvalue weighted by atomic mass is 9.88. The molecule has 1 N–H and O–H groups in total. The molecule has 1 saturated heterocycles. The van der Waals surface area contributed by atoms with Crippen LogP contribution in [0.25, 0.3) is 10.8 Å². The normalized spacial score (nSPS) is 15.4. The van der Waals surface area contributed by atoms with Gasteiger partial charge in [0.25, 0.3) is 0 Å². The topological polar surface area (TPSA) is 80.0 Å². The summed E-state index contributed by atoms with van der Waals surface area (Å²) >= 11 is 0. The van der Waals surface area contributed by atoms with Gasteiger partial charge < -0.3 is 19.2 Å². The summed E-state index contributed by atoms with van der Waals surface area (Å²) in [4.78, 5) is 27.0. The molecule has 1 unspecified atom stereocenters. The van der Waals surface area contributed by atoms with Crippen molar-refractivity contribution in [2.45, 2.75) is 19.3 Å². The number of carbonyl (C=O) groups excluding carboxylic acids is 1. The van der Waals surface area contributed by atoms with E-state index in [0.717, 1.165) is 16.3 Å². The van der Waals surface area contributed by atoms with Gasteiger partial charge in [0, 0.05) is 25.6 Å². The number of rotatable bonds is 4. The van der Waals surface area contributed by atoms with Crippen molar-refractivity contribution in [1.29, 1.82) is 0 Å². The van der Waals surface area contributed by atoms with E-state index in [2.05, 4.69) is 0 Å². The van der Waals surface area contributed by atoms with Crippen LogP contribution < -0.4 is 5.43 Å². The van der Waals surface area contributed by atoms with Crippen molar-refractivity contribution in [2.75, 3.05) is 26.3 Å². The number of amides is 1. The first-order valence-electron chi connectivity index (χ1n) is 9.71. The molecule has 0 saturated carbocycles. The second kappa shape index (κ2) is 8.09. The number of hydrogen-bond acceptors (Lipinski definition) is 5. The maximum Gasteiger partial charge on any atom is 0.227 e. The Bertz CT molecular complexity index is 1090. The lowest BCUT2D eigenvalue weighted by molar-refractivity contribution is -0.135. The number of ether oxygens (including phenoxy) is 1. The third-order valence-corrected chi connectivity index (χ3v) is 5.33. The summed E-state index contributed by atoms with van der Waals surface area (Å²) in [5.74, 6) is -0.554. The molecule has 0 aliphatic carbocycles. The number of aryl methyl sites for hydroxylation is 1. The molecule has 0 spiro atoms. The minimum atomic E-state index is -0.580. The lowest BCUT2D eigenvalue weighted by Crippen LogP contribution is -2.41. The van der Waals surface area contributed by atoms with Crippen molar-refractivity contribution >= 4 is 16.7 Å². The van der Waals surface area contributed by atoms with E-state index in [1.165, 1.54) is 6.07 Å². The van der Waals surface area contributed by atoms with Crippen molar-refractivity contribution in [1.82, 2.24) is 4.90 Å². The highest BCUT2D eigenvalue weighted by atomic mass is 16.5. The van der Waals surface area contributed by atoms with Crippen LogP contribution in [0.5, 0.6) is 5.75 Å². The van der Waals surface area contributed by atoms with E-state index in [1.807, 2.05) is 42.5 Å². The number of hydrogen-bond donors (Lipinski definition) is 1. The summed E-state index contributed by atoms with van der Waals surface area (Å²) < 4.78 is 11.1. The second-order valence-electron chi connectivity index (χ2n) is 7.25. The first kappa shape index (κ1) is 19.2. The SMILES string of the molecule is Cc1cc(=O)c(O)c(C(CC(=O)N2CCOCC2)c2cccc3ccccc23)o1. The van der Waals surface area contributed by atoms with Crippen LogP contribution in [0.2, 0.25) is 0 Å². The Morgan fingerprint density at radius 3 is 2.66 bits per heavy atom. The Kier molecular flexibility index (Phi) is 5.36. The summed E-state index contributed by atoms with van der Waals surface area (Å²) in [7, 11) is 0. The van der Waals surface area contributed by atoms with E-state index in [9.17, 15) is 14.7 Å². The van der Waals surface area contributed by atoms with Gasteiger partial charge in [-0.2, -0.15) is 0 Å². The fourth-order valence-electron chi connectivity index (χ4n) is 3.88. The van der Waals surface area contributed by atoms with Gasteiger partial charge in [-0.15, -0.1) is 0 Å². The van der Waals surface area contributed by atoms with Gasteiger partial charge in [-0.1, -0.05) is 42.5 Å². The van der Waals surface area contributed by atoms with Crippen molar-refractivity contribution in [3.8, 4) is 5.75 Å². The maximum absolute atomic E-state index is 13.0. The summed E-state index contributed by atoms with van der Waals surface area (Å²) in [6, 6.07) is 14.9. The quantitative estimate of drug-likeness (QED) is 0.736. The molecular weight excluding hydrogens is 370 g/mol. The molecule has 1 amide bonds. The summed E-state index contributed by atoms with van der Waals surface area (Å²) in [6.07, 6.45) is 0.0912. The van der Waals surface area contributed by atoms with Gasteiger partial charge in [-0.25, -0.2) is 0 Å². The van der Waals surface area contributed by atoms with Gasteiger partial charge in [0.1, 0.15) is 5.76 Å². The minimum absolute atomic E-state index is 0.0604. The molecule has 1 atom stereocenters. The number of nitrogens with zero attached hydrogens (tertiary/aromatic N) is 1. The molecule has 3 aromatic rings. The van der Waals surface area contributed by atoms with Crippen molar-refractivity contribution in [2.24, 2.45) is 0 Å². The Labute approximate surface area is 168 Å². The zero-order valence-corrected chi connectivity index (χ0v) is 16.3. The highest BCUT2D eigenvalue weighted by Gasteiger charge is 2.29. The third-order valence-electron chi connectivity index (χ3n) is 5.33. The van der Waals surface area contributed by atoms with Crippen LogP contribution in [-0.2, 0) is 9.53 Å². The van der Waals surface area contributed by atoms with Crippen LogP contribution in [0.1, 0.15) is 29.4 Å². The van der Waals surface area contributed by atoms with Gasteiger partial charge in [-0.05, 0) is 23.3 Å². The summed E-state index contributed by atoms with van der Waals surface area (Å²) in [6.45, 7) is 3.74. The van der Waals surface area contributed by atoms with E-state index in [-0.39, 0.29) is 18.1 Å². The number of carbonyl (C=O) groups is 1. The molecule has 6 heteroatoms. The monoisotopic (exact) mass is 393 g/mol. The van der Waals surface area contributed by atoms with E-state index in [4.69, 9.17) is 9.15 Å². The van der Waals surface area contributed by atoms with Gasteiger partial charge in [0.05, 0.1) is 19.1 Å². The smallest absolute Gasteiger partial charge is 0.227 e. The standard InChI is InChI=1S/C23H23NO5/c1-15-13-20(25)22(27)23(29-15)19(14-21(26)24-9-11-28-12-10-24)18-8-4-6-16-5-2-3-7-17(16)18/h2-8,13,19,27H,9-12,14H2,1H3. The van der Waals surface area contributed by atoms with Crippen molar-refractivity contribution < 1.29 is 19.1 Å². The maximum atomic E-state index is 13.0. The van der Waals surface area contributed by atoms with Crippen LogP contribution in [0.15, 0.2) is 57.7 Å². The third kappa shape index (κ3) is 3.89. The van der Waals surface area contributed by atoms with Crippen LogP contribution >= 0.6 is 0 Å². The van der Waals surface area contributed by atoms with E-state index in [1.54, 1.807) is 11.8 Å². The molecule has 0 radical (unpaired) electrons. The van der Waals surface area contributed by atoms with Crippen molar-refractivity contribution in [3.63, 3.8) is 0 Å². The number of benzene rings is 2. The van der Waals surface area contributed by atoms with Crippen LogP contribution in [0.4, 0.5) is 0 Å². The molecule has 6 nitrogen and oxygen atoms in total. The molecule has 1 aliphatic heterocycles. The zero-order chi connectivity index (χ0) is 20.4. The van der Waals surface area contributed by atoms with E-state index >= 15 is 0 Å². The van der Waals surface area contributed by atoms with Crippen molar-refractivity contribution in [3.05, 3.63) is 75.8 Å². The van der Waals surface area contributed by atoms with Crippen LogP contribution in [-0.4, -0.2) is 42.2 Å².